The lowest BCUT2D eigenvalue weighted by Crippen LogP contribution is -2.66. The van der Waals surface area contributed by atoms with Crippen LogP contribution >= 0.6 is 0 Å². The molecule has 3 heterocycles. The molecule has 3 rings (SSSR count). The largest absolute Gasteiger partial charge is 0.479 e. The van der Waals surface area contributed by atoms with E-state index in [1.54, 1.807) is 55.4 Å². The molecular weight excluding hydrogens is 680 g/mol. The third kappa shape index (κ3) is 11.4. The second kappa shape index (κ2) is 19.1. The van der Waals surface area contributed by atoms with E-state index in [0.29, 0.717) is 0 Å². The summed E-state index contributed by atoms with van der Waals surface area (Å²) in [5.41, 5.74) is 0. The van der Waals surface area contributed by atoms with E-state index in [0.717, 1.165) is 0 Å². The lowest BCUT2D eigenvalue weighted by molar-refractivity contribution is -0.355. The first-order valence-corrected chi connectivity index (χ1v) is 16.1. The third-order valence-electron chi connectivity index (χ3n) is 7.33. The molecule has 0 aromatic heterocycles. The average Bonchev–Trinajstić information content (AvgIpc) is 2.99. The fourth-order valence-electron chi connectivity index (χ4n) is 5.22. The van der Waals surface area contributed by atoms with Crippen LogP contribution < -0.4 is 0 Å². The number of aliphatic carboxylic acids is 3. The maximum atomic E-state index is 11.7. The number of carboxylic acids is 3. The summed E-state index contributed by atoms with van der Waals surface area (Å²) in [6, 6.07) is 0. The molecule has 0 aliphatic carbocycles. The SMILES string of the molecule is CC(C)OC1OC(C(=O)O)[C@@H](OC(C)C)[C@H](O)[C@@H]1O.CC(C)OC1OC(C(=O)O)[C@@H](OC2OC(C(=O)O)[C@@H](OC(C)C)[C@H](O)C2O)[C@H](O)C1O. The molecule has 0 bridgehead atoms. The van der Waals surface area contributed by atoms with Crippen molar-refractivity contribution in [3.05, 3.63) is 0 Å². The average molecular weight is 733 g/mol. The summed E-state index contributed by atoms with van der Waals surface area (Å²) < 4.78 is 42.2. The lowest BCUT2D eigenvalue weighted by atomic mass is 9.96. The van der Waals surface area contributed by atoms with E-state index in [-0.39, 0.29) is 12.2 Å². The predicted octanol–water partition coefficient (Wildman–Crippen LogP) is -2.61. The molecule has 0 amide bonds. The van der Waals surface area contributed by atoms with Crippen molar-refractivity contribution in [2.24, 2.45) is 0 Å². The van der Waals surface area contributed by atoms with E-state index in [2.05, 4.69) is 0 Å². The van der Waals surface area contributed by atoms with Crippen molar-refractivity contribution < 1.29 is 98.2 Å². The minimum Gasteiger partial charge on any atom is -0.479 e. The molecule has 9 N–H and O–H groups in total. The van der Waals surface area contributed by atoms with Crippen molar-refractivity contribution in [1.29, 1.82) is 0 Å². The van der Waals surface area contributed by atoms with Crippen LogP contribution in [0.5, 0.6) is 0 Å². The predicted molar refractivity (Wildman–Crippen MR) is 162 cm³/mol. The Morgan fingerprint density at radius 3 is 0.980 bits per heavy atom. The summed E-state index contributed by atoms with van der Waals surface area (Å²) in [6.45, 7) is 13.2. The molecule has 8 unspecified atom stereocenters. The monoisotopic (exact) mass is 732 g/mol. The van der Waals surface area contributed by atoms with Crippen molar-refractivity contribution in [3.63, 3.8) is 0 Å². The second-order valence-corrected chi connectivity index (χ2v) is 13.0. The molecule has 0 radical (unpaired) electrons. The number of aliphatic hydroxyl groups excluding tert-OH is 6. The smallest absolute Gasteiger partial charge is 0.335 e. The van der Waals surface area contributed by atoms with Gasteiger partial charge in [0.1, 0.15) is 54.9 Å². The molecule has 3 fully saturated rings. The fraction of sp³-hybridized carbons (Fsp3) is 0.900. The highest BCUT2D eigenvalue weighted by atomic mass is 16.8. The molecule has 20 heteroatoms. The van der Waals surface area contributed by atoms with Gasteiger partial charge in [-0.1, -0.05) is 0 Å². The van der Waals surface area contributed by atoms with Gasteiger partial charge in [0.05, 0.1) is 24.4 Å². The Morgan fingerprint density at radius 1 is 0.420 bits per heavy atom. The van der Waals surface area contributed by atoms with Gasteiger partial charge in [0.25, 0.3) is 0 Å². The van der Waals surface area contributed by atoms with Crippen LogP contribution in [0.1, 0.15) is 55.4 Å². The van der Waals surface area contributed by atoms with Gasteiger partial charge in [0.2, 0.25) is 0 Å². The Morgan fingerprint density at radius 2 is 0.680 bits per heavy atom. The molecule has 15 atom stereocenters. The molecule has 3 saturated heterocycles. The highest BCUT2D eigenvalue weighted by Gasteiger charge is 2.55. The highest BCUT2D eigenvalue weighted by Crippen LogP contribution is 2.32. The van der Waals surface area contributed by atoms with E-state index in [4.69, 9.17) is 43.0 Å². The number of rotatable bonds is 13. The fourth-order valence-corrected chi connectivity index (χ4v) is 5.22. The van der Waals surface area contributed by atoms with Crippen LogP contribution in [-0.2, 0) is 52.3 Å². The minimum atomic E-state index is -1.87. The minimum absolute atomic E-state index is 0.274. The van der Waals surface area contributed by atoms with Crippen LogP contribution in [0.3, 0.4) is 0 Å². The molecule has 50 heavy (non-hydrogen) atoms. The van der Waals surface area contributed by atoms with Gasteiger partial charge in [-0.05, 0) is 55.4 Å². The van der Waals surface area contributed by atoms with E-state index >= 15 is 0 Å². The van der Waals surface area contributed by atoms with Gasteiger partial charge in [-0.25, -0.2) is 14.4 Å². The van der Waals surface area contributed by atoms with Crippen LogP contribution in [0, 0.1) is 0 Å². The van der Waals surface area contributed by atoms with Gasteiger partial charge in [-0.15, -0.1) is 0 Å². The summed E-state index contributed by atoms with van der Waals surface area (Å²) in [5.74, 6) is -4.37. The molecule has 0 aromatic carbocycles. The maximum absolute atomic E-state index is 11.7. The van der Waals surface area contributed by atoms with Crippen molar-refractivity contribution >= 4 is 17.9 Å². The number of aliphatic hydroxyl groups is 6. The van der Waals surface area contributed by atoms with Crippen LogP contribution in [0.25, 0.3) is 0 Å². The zero-order chi connectivity index (χ0) is 38.4. The van der Waals surface area contributed by atoms with Crippen molar-refractivity contribution in [3.8, 4) is 0 Å². The molecule has 292 valence electrons. The number of carbonyl (C=O) groups is 3. The summed E-state index contributed by atoms with van der Waals surface area (Å²) in [7, 11) is 0. The standard InChI is InChI=1S/C18H30O13.C12H22O7/c1-5(2)27-11-7(19)10(22)18(31-13(11)15(23)24)29-12-8(20)9(21)17(28-6(3)4)30-14(12)16(25)26;1-5(2)17-9-7(13)8(14)12(18-6(3)4)19-10(9)11(15)16/h5-14,17-22H,1-4H3,(H,23,24)(H,25,26);5-10,12-14H,1-4H3,(H,15,16)/t7-,8-,9?,10?,11+,12+,13?,14?,17?,18?;7-,8+,9+,10?,12?/m11/s1. The molecule has 0 aromatic rings. The molecule has 0 saturated carbocycles. The van der Waals surface area contributed by atoms with E-state index in [1.165, 1.54) is 0 Å². The summed E-state index contributed by atoms with van der Waals surface area (Å²) in [6.07, 6.45) is -25.4. The molecular formula is C30H52O20. The van der Waals surface area contributed by atoms with Crippen LogP contribution in [0.15, 0.2) is 0 Å². The maximum Gasteiger partial charge on any atom is 0.335 e. The first-order valence-electron chi connectivity index (χ1n) is 16.1. The Bertz CT molecular complexity index is 1090. The Labute approximate surface area is 288 Å². The molecule has 3 aliphatic rings. The van der Waals surface area contributed by atoms with Gasteiger partial charge < -0.3 is 83.9 Å². The number of ether oxygens (including phenoxy) is 8. The van der Waals surface area contributed by atoms with Crippen LogP contribution in [0.2, 0.25) is 0 Å². The second-order valence-electron chi connectivity index (χ2n) is 13.0. The Hall–Kier alpha value is -2.15. The summed E-state index contributed by atoms with van der Waals surface area (Å²) >= 11 is 0. The molecule has 20 nitrogen and oxygen atoms in total. The first-order chi connectivity index (χ1) is 23.1. The third-order valence-corrected chi connectivity index (χ3v) is 7.33. The van der Waals surface area contributed by atoms with E-state index in [1.807, 2.05) is 0 Å². The first kappa shape index (κ1) is 44.0. The molecule has 3 aliphatic heterocycles. The van der Waals surface area contributed by atoms with E-state index in [9.17, 15) is 55.2 Å². The van der Waals surface area contributed by atoms with Crippen LogP contribution in [0.4, 0.5) is 0 Å². The lowest BCUT2D eigenvalue weighted by Gasteiger charge is -2.45. The zero-order valence-electron chi connectivity index (χ0n) is 29.0. The summed E-state index contributed by atoms with van der Waals surface area (Å²) in [4.78, 5) is 34.4. The Balaban J connectivity index is 0.000000391. The van der Waals surface area contributed by atoms with E-state index < -0.39 is 122 Å². The van der Waals surface area contributed by atoms with Gasteiger partial charge in [0, 0.05) is 0 Å². The van der Waals surface area contributed by atoms with Gasteiger partial charge in [0.15, 0.2) is 37.2 Å². The van der Waals surface area contributed by atoms with Gasteiger partial charge in [-0.3, -0.25) is 0 Å². The number of carboxylic acid groups (broad SMARTS) is 3. The van der Waals surface area contributed by atoms with Crippen molar-refractivity contribution in [2.75, 3.05) is 0 Å². The molecule has 0 spiro atoms. The highest BCUT2D eigenvalue weighted by molar-refractivity contribution is 5.74. The normalized spacial score (nSPS) is 39.4. The van der Waals surface area contributed by atoms with Gasteiger partial charge >= 0.3 is 17.9 Å². The van der Waals surface area contributed by atoms with Gasteiger partial charge in [-0.2, -0.15) is 0 Å². The van der Waals surface area contributed by atoms with Crippen molar-refractivity contribution in [2.45, 2.75) is 172 Å². The zero-order valence-corrected chi connectivity index (χ0v) is 29.0. The summed E-state index contributed by atoms with van der Waals surface area (Å²) in [5, 5.41) is 89.3. The number of hydrogen-bond donors (Lipinski definition) is 9. The quantitative estimate of drug-likeness (QED) is 0.0937. The van der Waals surface area contributed by atoms with Crippen molar-refractivity contribution in [1.82, 2.24) is 0 Å². The van der Waals surface area contributed by atoms with Crippen LogP contribution in [-0.4, -0.2) is 180 Å². The topological polar surface area (TPSA) is 307 Å². The number of hydrogen-bond acceptors (Lipinski definition) is 17. The Kier molecular flexibility index (Phi) is 16.8.